The van der Waals surface area contributed by atoms with Gasteiger partial charge in [0.1, 0.15) is 12.4 Å². The fourth-order valence-corrected chi connectivity index (χ4v) is 4.49. The van der Waals surface area contributed by atoms with Crippen LogP contribution in [0.4, 0.5) is 4.39 Å². The monoisotopic (exact) mass is 446 g/mol. The van der Waals surface area contributed by atoms with E-state index in [1.165, 1.54) is 23.5 Å². The fourth-order valence-electron chi connectivity index (χ4n) is 3.51. The van der Waals surface area contributed by atoms with E-state index in [0.717, 1.165) is 22.2 Å². The van der Waals surface area contributed by atoms with Crippen LogP contribution < -0.4 is 19.6 Å². The number of hydrogen-bond acceptors (Lipinski definition) is 5. The third-order valence-electron chi connectivity index (χ3n) is 5.02. The Balaban J connectivity index is 1.48. The number of nitrogens with zero attached hydrogens (tertiary/aromatic N) is 2. The number of hydrogen-bond donors (Lipinski definition) is 0. The molecule has 0 N–H and O–H groups in total. The van der Waals surface area contributed by atoms with Crippen molar-refractivity contribution in [3.63, 3.8) is 0 Å². The molecule has 0 radical (unpaired) electrons. The van der Waals surface area contributed by atoms with Crippen molar-refractivity contribution >= 4 is 33.4 Å². The first-order chi connectivity index (χ1) is 15.6. The molecule has 5 aromatic rings. The molecule has 0 atom stereocenters. The minimum atomic E-state index is -0.282. The van der Waals surface area contributed by atoms with Crippen LogP contribution in [0.3, 0.4) is 0 Å². The molecule has 2 heterocycles. The number of para-hydroxylation sites is 2. The zero-order valence-corrected chi connectivity index (χ0v) is 18.1. The van der Waals surface area contributed by atoms with Gasteiger partial charge in [-0.05, 0) is 60.5 Å². The minimum absolute atomic E-state index is 0.0895. The molecular formula is C25H19FN2O3S. The highest BCUT2D eigenvalue weighted by atomic mass is 32.1. The molecule has 0 spiro atoms. The number of fused-ring (bicyclic) bond motifs is 3. The van der Waals surface area contributed by atoms with E-state index in [-0.39, 0.29) is 11.4 Å². The lowest BCUT2D eigenvalue weighted by molar-refractivity contribution is 0.269. The van der Waals surface area contributed by atoms with Gasteiger partial charge in [0, 0.05) is 0 Å². The van der Waals surface area contributed by atoms with Crippen molar-refractivity contribution in [2.24, 2.45) is 0 Å². The number of ether oxygens (including phenoxy) is 2. The van der Waals surface area contributed by atoms with Gasteiger partial charge in [-0.3, -0.25) is 4.79 Å². The fraction of sp³-hybridized carbons (Fsp3) is 0.120. The highest BCUT2D eigenvalue weighted by molar-refractivity contribution is 7.15. The first-order valence-corrected chi connectivity index (χ1v) is 11.0. The standard InChI is InChI=1S/C25H19FN2O3S/c1-2-30-22-13-17(9-12-21(22)31-15-16-7-10-18(26)11-8-16)14-23-24(29)28-20-6-4-3-5-19(20)27-25(28)32-23/h3-14H,2,15H2,1H3. The highest BCUT2D eigenvalue weighted by Crippen LogP contribution is 2.29. The first-order valence-electron chi connectivity index (χ1n) is 10.2. The molecule has 0 amide bonds. The van der Waals surface area contributed by atoms with Gasteiger partial charge in [0.15, 0.2) is 16.5 Å². The Kier molecular flexibility index (Phi) is 5.33. The van der Waals surface area contributed by atoms with Crippen molar-refractivity contribution in [1.29, 1.82) is 0 Å². The summed E-state index contributed by atoms with van der Waals surface area (Å²) in [6.07, 6.45) is 1.84. The Labute approximate surface area is 187 Å². The number of benzene rings is 3. The molecule has 0 aliphatic rings. The smallest absolute Gasteiger partial charge is 0.274 e. The SMILES string of the molecule is CCOc1cc(C=c2sc3nc4ccccc4n3c2=O)ccc1OCc1ccc(F)cc1. The summed E-state index contributed by atoms with van der Waals surface area (Å²) in [4.78, 5) is 18.2. The summed E-state index contributed by atoms with van der Waals surface area (Å²) in [5, 5.41) is 0. The van der Waals surface area contributed by atoms with E-state index in [2.05, 4.69) is 4.98 Å². The normalized spacial score (nSPS) is 12.0. The molecule has 0 bridgehead atoms. The summed E-state index contributed by atoms with van der Waals surface area (Å²) in [7, 11) is 0. The van der Waals surface area contributed by atoms with Crippen LogP contribution in [0, 0.1) is 5.82 Å². The summed E-state index contributed by atoms with van der Waals surface area (Å²) in [5.41, 5.74) is 3.21. The number of rotatable bonds is 6. The van der Waals surface area contributed by atoms with Crippen LogP contribution in [0.1, 0.15) is 18.1 Å². The molecule has 0 saturated carbocycles. The molecule has 5 rings (SSSR count). The van der Waals surface area contributed by atoms with E-state index < -0.39 is 0 Å². The number of halogens is 1. The average molecular weight is 447 g/mol. The zero-order valence-electron chi connectivity index (χ0n) is 17.2. The lowest BCUT2D eigenvalue weighted by Gasteiger charge is -2.12. The Morgan fingerprint density at radius 3 is 2.66 bits per heavy atom. The van der Waals surface area contributed by atoms with Crippen LogP contribution in [0.2, 0.25) is 0 Å². The molecule has 2 aromatic heterocycles. The van der Waals surface area contributed by atoms with E-state index in [0.29, 0.717) is 34.2 Å². The van der Waals surface area contributed by atoms with Crippen LogP contribution in [-0.2, 0) is 6.61 Å². The summed E-state index contributed by atoms with van der Waals surface area (Å²) in [6.45, 7) is 2.67. The Bertz CT molecular complexity index is 1520. The average Bonchev–Trinajstić information content (AvgIpc) is 3.31. The molecular weight excluding hydrogens is 427 g/mol. The molecule has 7 heteroatoms. The molecule has 0 saturated heterocycles. The quantitative estimate of drug-likeness (QED) is 0.383. The van der Waals surface area contributed by atoms with Gasteiger partial charge < -0.3 is 9.47 Å². The van der Waals surface area contributed by atoms with Crippen molar-refractivity contribution in [1.82, 2.24) is 9.38 Å². The van der Waals surface area contributed by atoms with Crippen molar-refractivity contribution in [3.05, 3.63) is 98.6 Å². The minimum Gasteiger partial charge on any atom is -0.490 e. The zero-order chi connectivity index (χ0) is 22.1. The Morgan fingerprint density at radius 1 is 1.03 bits per heavy atom. The molecule has 32 heavy (non-hydrogen) atoms. The largest absolute Gasteiger partial charge is 0.490 e. The number of imidazole rings is 1. The van der Waals surface area contributed by atoms with Gasteiger partial charge in [0.05, 0.1) is 22.2 Å². The highest BCUT2D eigenvalue weighted by Gasteiger charge is 2.11. The van der Waals surface area contributed by atoms with Gasteiger partial charge in [-0.2, -0.15) is 0 Å². The predicted octanol–water partition coefficient (Wildman–Crippen LogP) is 4.57. The Morgan fingerprint density at radius 2 is 1.84 bits per heavy atom. The van der Waals surface area contributed by atoms with Crippen LogP contribution in [0.15, 0.2) is 71.5 Å². The summed E-state index contributed by atoms with van der Waals surface area (Å²) >= 11 is 1.36. The lowest BCUT2D eigenvalue weighted by Crippen LogP contribution is -2.22. The number of thiazole rings is 1. The molecule has 0 aliphatic heterocycles. The van der Waals surface area contributed by atoms with Crippen LogP contribution in [0.25, 0.3) is 22.1 Å². The maximum absolute atomic E-state index is 13.1. The lowest BCUT2D eigenvalue weighted by atomic mass is 10.2. The van der Waals surface area contributed by atoms with Crippen molar-refractivity contribution in [2.75, 3.05) is 6.61 Å². The Hall–Kier alpha value is -3.71. The maximum atomic E-state index is 13.1. The van der Waals surface area contributed by atoms with Crippen molar-refractivity contribution in [3.8, 4) is 11.5 Å². The van der Waals surface area contributed by atoms with Gasteiger partial charge >= 0.3 is 0 Å². The van der Waals surface area contributed by atoms with Gasteiger partial charge in [0.25, 0.3) is 5.56 Å². The van der Waals surface area contributed by atoms with Crippen LogP contribution in [0.5, 0.6) is 11.5 Å². The summed E-state index contributed by atoms with van der Waals surface area (Å²) < 4.78 is 27.0. The summed E-state index contributed by atoms with van der Waals surface area (Å²) in [6, 6.07) is 19.3. The molecule has 0 fully saturated rings. The maximum Gasteiger partial charge on any atom is 0.274 e. The van der Waals surface area contributed by atoms with E-state index in [1.807, 2.05) is 55.5 Å². The third-order valence-corrected chi connectivity index (χ3v) is 5.99. The van der Waals surface area contributed by atoms with Crippen molar-refractivity contribution < 1.29 is 13.9 Å². The third kappa shape index (κ3) is 3.83. The van der Waals surface area contributed by atoms with Crippen molar-refractivity contribution in [2.45, 2.75) is 13.5 Å². The van der Waals surface area contributed by atoms with Gasteiger partial charge in [-0.1, -0.05) is 41.7 Å². The van der Waals surface area contributed by atoms with E-state index in [9.17, 15) is 9.18 Å². The van der Waals surface area contributed by atoms with Gasteiger partial charge in [0.2, 0.25) is 0 Å². The predicted molar refractivity (Wildman–Crippen MR) is 124 cm³/mol. The first kappa shape index (κ1) is 20.2. The van der Waals surface area contributed by atoms with Crippen LogP contribution >= 0.6 is 11.3 Å². The molecule has 5 nitrogen and oxygen atoms in total. The molecule has 160 valence electrons. The second-order valence-electron chi connectivity index (χ2n) is 7.19. The van der Waals surface area contributed by atoms with E-state index in [1.54, 1.807) is 16.5 Å². The van der Waals surface area contributed by atoms with Crippen LogP contribution in [-0.4, -0.2) is 16.0 Å². The molecule has 0 unspecified atom stereocenters. The molecule has 3 aromatic carbocycles. The topological polar surface area (TPSA) is 52.8 Å². The second-order valence-corrected chi connectivity index (χ2v) is 8.20. The summed E-state index contributed by atoms with van der Waals surface area (Å²) in [5.74, 6) is 0.889. The van der Waals surface area contributed by atoms with E-state index in [4.69, 9.17) is 9.47 Å². The van der Waals surface area contributed by atoms with Gasteiger partial charge in [-0.15, -0.1) is 0 Å². The van der Waals surface area contributed by atoms with E-state index >= 15 is 0 Å². The van der Waals surface area contributed by atoms with Gasteiger partial charge in [-0.25, -0.2) is 13.8 Å². The molecule has 0 aliphatic carbocycles. The second kappa shape index (κ2) is 8.43. The number of aromatic nitrogens is 2.